The Labute approximate surface area is 211 Å². The first-order valence-corrected chi connectivity index (χ1v) is 12.1. The van der Waals surface area contributed by atoms with Crippen LogP contribution in [0, 0.1) is 5.82 Å². The number of methoxy groups -OCH3 is 2. The third-order valence-electron chi connectivity index (χ3n) is 4.79. The van der Waals surface area contributed by atoms with Gasteiger partial charge in [0, 0.05) is 18.0 Å². The summed E-state index contributed by atoms with van der Waals surface area (Å²) in [7, 11) is -1.29. The Morgan fingerprint density at radius 3 is 2.41 bits per heavy atom. The van der Waals surface area contributed by atoms with E-state index in [1.54, 1.807) is 6.20 Å². The Hall–Kier alpha value is -4.72. The minimum Gasteiger partial charge on any atom is -0.481 e. The maximum absolute atomic E-state index is 13.0. The molecule has 0 atom stereocenters. The lowest BCUT2D eigenvalue weighted by atomic mass is 10.3. The van der Waals surface area contributed by atoms with Crippen LogP contribution in [0.5, 0.6) is 17.6 Å². The van der Waals surface area contributed by atoms with Crippen LogP contribution in [0.3, 0.4) is 0 Å². The molecule has 0 aliphatic heterocycles. The molecule has 1 amide bonds. The van der Waals surface area contributed by atoms with E-state index in [0.717, 1.165) is 0 Å². The van der Waals surface area contributed by atoms with Gasteiger partial charge in [0.1, 0.15) is 11.6 Å². The molecular formula is C23H21FN6O6S. The molecule has 2 heterocycles. The highest BCUT2D eigenvalue weighted by Gasteiger charge is 2.17. The summed E-state index contributed by atoms with van der Waals surface area (Å²) < 4.78 is 57.7. The average Bonchev–Trinajstić information content (AvgIpc) is 3.37. The van der Waals surface area contributed by atoms with Gasteiger partial charge in [0.05, 0.1) is 19.1 Å². The minimum absolute atomic E-state index is 0.0164. The molecule has 14 heteroatoms. The van der Waals surface area contributed by atoms with Crippen LogP contribution in [0.1, 0.15) is 10.5 Å². The number of amides is 1. The summed E-state index contributed by atoms with van der Waals surface area (Å²) in [5.41, 5.74) is 0.471. The van der Waals surface area contributed by atoms with Crippen LogP contribution in [0.15, 0.2) is 71.8 Å². The topological polar surface area (TPSA) is 147 Å². The van der Waals surface area contributed by atoms with Gasteiger partial charge in [-0.05, 0) is 54.6 Å². The van der Waals surface area contributed by atoms with Gasteiger partial charge in [-0.25, -0.2) is 17.5 Å². The van der Waals surface area contributed by atoms with Gasteiger partial charge in [-0.2, -0.15) is 15.1 Å². The smallest absolute Gasteiger partial charge is 0.321 e. The fourth-order valence-corrected chi connectivity index (χ4v) is 3.98. The summed E-state index contributed by atoms with van der Waals surface area (Å²) >= 11 is 0. The fraction of sp³-hybridized carbons (Fsp3) is 0.130. The van der Waals surface area contributed by atoms with Crippen molar-refractivity contribution >= 4 is 27.4 Å². The molecule has 12 nitrogen and oxygen atoms in total. The first-order valence-electron chi connectivity index (χ1n) is 10.6. The van der Waals surface area contributed by atoms with Gasteiger partial charge < -0.3 is 19.5 Å². The molecule has 0 radical (unpaired) electrons. The second kappa shape index (κ2) is 10.9. The molecule has 0 saturated carbocycles. The monoisotopic (exact) mass is 528 g/mol. The summed E-state index contributed by atoms with van der Waals surface area (Å²) in [5, 5.41) is 6.78. The molecule has 0 aliphatic rings. The molecule has 37 heavy (non-hydrogen) atoms. The second-order valence-electron chi connectivity index (χ2n) is 7.33. The predicted molar refractivity (Wildman–Crippen MR) is 130 cm³/mol. The summed E-state index contributed by atoms with van der Waals surface area (Å²) in [6, 6.07) is 13.7. The average molecular weight is 529 g/mol. The minimum atomic E-state index is -4.00. The molecule has 0 spiro atoms. The first kappa shape index (κ1) is 25.4. The number of ether oxygens (including phenoxy) is 3. The van der Waals surface area contributed by atoms with Crippen molar-refractivity contribution in [2.45, 2.75) is 11.6 Å². The van der Waals surface area contributed by atoms with Crippen molar-refractivity contribution in [2.75, 3.05) is 24.3 Å². The summed E-state index contributed by atoms with van der Waals surface area (Å²) in [6.07, 6.45) is 1.55. The van der Waals surface area contributed by atoms with Crippen molar-refractivity contribution in [3.05, 3.63) is 78.4 Å². The van der Waals surface area contributed by atoms with Crippen LogP contribution in [0.25, 0.3) is 0 Å². The van der Waals surface area contributed by atoms with Crippen LogP contribution >= 0.6 is 0 Å². The van der Waals surface area contributed by atoms with Crippen LogP contribution < -0.4 is 24.2 Å². The zero-order chi connectivity index (χ0) is 26.4. The lowest BCUT2D eigenvalue weighted by Crippen LogP contribution is -2.16. The maximum atomic E-state index is 13.0. The van der Waals surface area contributed by atoms with Crippen molar-refractivity contribution in [1.29, 1.82) is 0 Å². The van der Waals surface area contributed by atoms with E-state index < -0.39 is 15.9 Å². The van der Waals surface area contributed by atoms with E-state index in [1.165, 1.54) is 79.6 Å². The summed E-state index contributed by atoms with van der Waals surface area (Å²) in [6.45, 7) is 0.0164. The number of anilines is 2. The largest absolute Gasteiger partial charge is 0.481 e. The molecule has 0 saturated heterocycles. The first-order chi connectivity index (χ1) is 17.8. The van der Waals surface area contributed by atoms with Gasteiger partial charge in [0.25, 0.3) is 15.9 Å². The van der Waals surface area contributed by atoms with Crippen LogP contribution in [-0.2, 0) is 16.8 Å². The standard InChI is InChI=1S/C23H21FN6O6S/c1-34-21-13-20(26-23(27-21)35-2)29-37(32,33)18-9-5-16(6-10-18)25-22(31)19-11-12-30(28-19)14-36-17-7-3-15(24)4-8-17/h3-13H,14H2,1-2H3,(H,25,31)(H,26,27,29). The highest BCUT2D eigenvalue weighted by atomic mass is 32.2. The fourth-order valence-electron chi connectivity index (χ4n) is 2.99. The second-order valence-corrected chi connectivity index (χ2v) is 9.02. The van der Waals surface area contributed by atoms with Crippen LogP contribution in [0.2, 0.25) is 0 Å². The van der Waals surface area contributed by atoms with Gasteiger partial charge >= 0.3 is 6.01 Å². The summed E-state index contributed by atoms with van der Waals surface area (Å²) in [5.74, 6) is -0.355. The van der Waals surface area contributed by atoms with E-state index in [1.807, 2.05) is 0 Å². The molecule has 0 bridgehead atoms. The van der Waals surface area contributed by atoms with Gasteiger partial charge in [-0.15, -0.1) is 0 Å². The number of carbonyl (C=O) groups is 1. The molecule has 4 aromatic rings. The number of nitrogens with one attached hydrogen (secondary N) is 2. The van der Waals surface area contributed by atoms with Gasteiger partial charge in [0.2, 0.25) is 5.88 Å². The van der Waals surface area contributed by atoms with E-state index in [4.69, 9.17) is 14.2 Å². The number of benzene rings is 2. The number of aromatic nitrogens is 4. The Kier molecular flexibility index (Phi) is 7.48. The van der Waals surface area contributed by atoms with Gasteiger partial charge in [-0.1, -0.05) is 0 Å². The molecular weight excluding hydrogens is 507 g/mol. The number of rotatable bonds is 10. The quantitative estimate of drug-likeness (QED) is 0.317. The third kappa shape index (κ3) is 6.49. The Morgan fingerprint density at radius 2 is 1.73 bits per heavy atom. The number of hydrogen-bond donors (Lipinski definition) is 2. The number of nitrogens with zero attached hydrogens (tertiary/aromatic N) is 4. The SMILES string of the molecule is COc1cc(NS(=O)(=O)c2ccc(NC(=O)c3ccn(COc4ccc(F)cc4)n3)cc2)nc(OC)n1. The van der Waals surface area contributed by atoms with E-state index >= 15 is 0 Å². The third-order valence-corrected chi connectivity index (χ3v) is 6.16. The zero-order valence-corrected chi connectivity index (χ0v) is 20.4. The maximum Gasteiger partial charge on any atom is 0.321 e. The number of carbonyl (C=O) groups excluding carboxylic acids is 1. The highest BCUT2D eigenvalue weighted by Crippen LogP contribution is 2.22. The number of sulfonamides is 1. The molecule has 0 unspecified atom stereocenters. The number of halogens is 1. The molecule has 4 rings (SSSR count). The highest BCUT2D eigenvalue weighted by molar-refractivity contribution is 7.92. The Morgan fingerprint density at radius 1 is 1.00 bits per heavy atom. The van der Waals surface area contributed by atoms with E-state index in [9.17, 15) is 17.6 Å². The molecule has 2 N–H and O–H groups in total. The van der Waals surface area contributed by atoms with Crippen molar-refractivity contribution in [2.24, 2.45) is 0 Å². The molecule has 2 aromatic carbocycles. The van der Waals surface area contributed by atoms with E-state index in [0.29, 0.717) is 11.4 Å². The van der Waals surface area contributed by atoms with Crippen molar-refractivity contribution in [1.82, 2.24) is 19.7 Å². The van der Waals surface area contributed by atoms with Crippen molar-refractivity contribution < 1.29 is 31.8 Å². The van der Waals surface area contributed by atoms with E-state index in [2.05, 4.69) is 25.1 Å². The molecule has 2 aromatic heterocycles. The molecule has 0 fully saturated rings. The van der Waals surface area contributed by atoms with Crippen LogP contribution in [0.4, 0.5) is 15.9 Å². The van der Waals surface area contributed by atoms with Gasteiger partial charge in [0.15, 0.2) is 18.2 Å². The lowest BCUT2D eigenvalue weighted by Gasteiger charge is -2.10. The number of hydrogen-bond acceptors (Lipinski definition) is 9. The van der Waals surface area contributed by atoms with Crippen LogP contribution in [-0.4, -0.2) is 48.3 Å². The van der Waals surface area contributed by atoms with Crippen molar-refractivity contribution in [3.8, 4) is 17.6 Å². The van der Waals surface area contributed by atoms with E-state index in [-0.39, 0.29) is 40.8 Å². The lowest BCUT2D eigenvalue weighted by molar-refractivity contribution is 0.102. The van der Waals surface area contributed by atoms with Crippen molar-refractivity contribution in [3.63, 3.8) is 0 Å². The predicted octanol–water partition coefficient (Wildman–Crippen LogP) is 2.92. The normalized spacial score (nSPS) is 11.0. The molecule has 192 valence electrons. The zero-order valence-electron chi connectivity index (χ0n) is 19.6. The van der Waals surface area contributed by atoms with Gasteiger partial charge in [-0.3, -0.25) is 9.52 Å². The molecule has 0 aliphatic carbocycles. The summed E-state index contributed by atoms with van der Waals surface area (Å²) in [4.78, 5) is 20.3. The Balaban J connectivity index is 1.37. The Bertz CT molecular complexity index is 1470.